The molecular weight excluding hydrogens is 334 g/mol. The quantitative estimate of drug-likeness (QED) is 0.277. The number of hydrogen-bond acceptors (Lipinski definition) is 5. The lowest BCUT2D eigenvalue weighted by molar-refractivity contribution is 0.0527. The second kappa shape index (κ2) is 10.4. The predicted octanol–water partition coefficient (Wildman–Crippen LogP) is 1.26. The molecule has 1 amide bonds. The molecule has 1 rings (SSSR count). The zero-order valence-corrected chi connectivity index (χ0v) is 16.4. The number of aromatic nitrogens is 3. The van der Waals surface area contributed by atoms with E-state index in [0.29, 0.717) is 32.1 Å². The van der Waals surface area contributed by atoms with Gasteiger partial charge in [0.2, 0.25) is 0 Å². The highest BCUT2D eigenvalue weighted by Gasteiger charge is 2.15. The number of hydrogen-bond donors (Lipinski definition) is 3. The molecule has 0 spiro atoms. The molecule has 1 heterocycles. The monoisotopic (exact) mass is 365 g/mol. The van der Waals surface area contributed by atoms with Crippen LogP contribution in [0.15, 0.2) is 17.6 Å². The average Bonchev–Trinajstić information content (AvgIpc) is 2.86. The fourth-order valence-corrected chi connectivity index (χ4v) is 1.88. The summed E-state index contributed by atoms with van der Waals surface area (Å²) < 4.78 is 7.09. The Hall–Kier alpha value is -2.58. The summed E-state index contributed by atoms with van der Waals surface area (Å²) >= 11 is 0. The summed E-state index contributed by atoms with van der Waals surface area (Å²) in [6.45, 7) is 13.3. The van der Waals surface area contributed by atoms with Gasteiger partial charge in [0.05, 0.1) is 0 Å². The van der Waals surface area contributed by atoms with Gasteiger partial charge >= 0.3 is 6.09 Å². The molecule has 0 fully saturated rings. The van der Waals surface area contributed by atoms with Gasteiger partial charge in [0.1, 0.15) is 18.0 Å². The van der Waals surface area contributed by atoms with Crippen molar-refractivity contribution in [1.29, 1.82) is 0 Å². The third kappa shape index (κ3) is 8.50. The number of guanidine groups is 1. The molecule has 0 aliphatic rings. The van der Waals surface area contributed by atoms with Crippen LogP contribution in [0.25, 0.3) is 0 Å². The lowest BCUT2D eigenvalue weighted by Crippen LogP contribution is -2.39. The third-order valence-corrected chi connectivity index (χ3v) is 3.29. The number of carbonyl (C=O) groups excluding carboxylic acids is 1. The van der Waals surface area contributed by atoms with Crippen molar-refractivity contribution < 1.29 is 9.53 Å². The van der Waals surface area contributed by atoms with Crippen molar-refractivity contribution in [2.45, 2.75) is 46.3 Å². The van der Waals surface area contributed by atoms with Crippen LogP contribution in [-0.2, 0) is 18.3 Å². The minimum Gasteiger partial charge on any atom is -0.444 e. The second-order valence-corrected chi connectivity index (χ2v) is 6.77. The van der Waals surface area contributed by atoms with Crippen LogP contribution in [-0.4, -0.2) is 52.1 Å². The molecule has 1 aromatic rings. The summed E-state index contributed by atoms with van der Waals surface area (Å²) in [7, 11) is 1.91. The van der Waals surface area contributed by atoms with E-state index in [2.05, 4.69) is 37.7 Å². The van der Waals surface area contributed by atoms with Crippen LogP contribution < -0.4 is 16.0 Å². The Labute approximate surface area is 155 Å². The van der Waals surface area contributed by atoms with Gasteiger partial charge in [-0.2, -0.15) is 0 Å². The van der Waals surface area contributed by atoms with Crippen LogP contribution in [0.5, 0.6) is 0 Å². The van der Waals surface area contributed by atoms with Crippen molar-refractivity contribution in [3.05, 3.63) is 24.3 Å². The van der Waals surface area contributed by atoms with Crippen LogP contribution in [0.3, 0.4) is 0 Å². The van der Waals surface area contributed by atoms with Crippen LogP contribution in [0.2, 0.25) is 0 Å². The lowest BCUT2D eigenvalue weighted by atomic mass is 10.2. The molecule has 0 aliphatic carbocycles. The molecule has 146 valence electrons. The summed E-state index contributed by atoms with van der Waals surface area (Å²) in [6, 6.07) is 0. The Morgan fingerprint density at radius 3 is 2.54 bits per heavy atom. The Bertz CT molecular complexity index is 617. The van der Waals surface area contributed by atoms with Crippen molar-refractivity contribution in [2.24, 2.45) is 12.0 Å². The average molecular weight is 365 g/mol. The van der Waals surface area contributed by atoms with Gasteiger partial charge in [-0.3, -0.25) is 0 Å². The summed E-state index contributed by atoms with van der Waals surface area (Å²) in [5.74, 6) is 2.29. The number of rotatable bonds is 8. The maximum Gasteiger partial charge on any atom is 0.407 e. The van der Waals surface area contributed by atoms with E-state index in [1.54, 1.807) is 6.08 Å². The molecule has 0 saturated carbocycles. The van der Waals surface area contributed by atoms with E-state index >= 15 is 0 Å². The number of alkyl carbamates (subject to hydrolysis) is 1. The molecule has 0 saturated heterocycles. The number of amides is 1. The number of ether oxygens (including phenoxy) is 1. The second-order valence-electron chi connectivity index (χ2n) is 6.77. The molecule has 26 heavy (non-hydrogen) atoms. The number of carbonyl (C=O) groups is 1. The summed E-state index contributed by atoms with van der Waals surface area (Å²) in [6.07, 6.45) is 2.08. The first-order valence-corrected chi connectivity index (χ1v) is 8.67. The molecular formula is C17H31N7O2. The maximum absolute atomic E-state index is 11.6. The highest BCUT2D eigenvalue weighted by Crippen LogP contribution is 2.06. The number of nitrogens with one attached hydrogen (secondary N) is 3. The van der Waals surface area contributed by atoms with Gasteiger partial charge in [-0.1, -0.05) is 6.08 Å². The predicted molar refractivity (Wildman–Crippen MR) is 102 cm³/mol. The van der Waals surface area contributed by atoms with E-state index in [1.807, 2.05) is 39.3 Å². The Kier molecular flexibility index (Phi) is 8.60. The first kappa shape index (κ1) is 21.5. The van der Waals surface area contributed by atoms with E-state index in [1.165, 1.54) is 0 Å². The molecule has 0 atom stereocenters. The van der Waals surface area contributed by atoms with Gasteiger partial charge in [-0.15, -0.1) is 16.8 Å². The zero-order chi connectivity index (χ0) is 19.6. The van der Waals surface area contributed by atoms with Gasteiger partial charge in [0, 0.05) is 26.7 Å². The highest BCUT2D eigenvalue weighted by molar-refractivity contribution is 5.79. The molecule has 0 aromatic carbocycles. The maximum atomic E-state index is 11.6. The van der Waals surface area contributed by atoms with Crippen molar-refractivity contribution in [3.63, 3.8) is 0 Å². The molecule has 9 heteroatoms. The molecule has 0 radical (unpaired) electrons. The first-order valence-electron chi connectivity index (χ1n) is 8.67. The topological polar surface area (TPSA) is 105 Å². The van der Waals surface area contributed by atoms with E-state index in [0.717, 1.165) is 18.1 Å². The SMILES string of the molecule is C=CCNC(=NCc1nnc(C)n1C)NCCCNC(=O)OC(C)(C)C. The first-order chi connectivity index (χ1) is 12.2. The van der Waals surface area contributed by atoms with Gasteiger partial charge in [-0.25, -0.2) is 9.79 Å². The van der Waals surface area contributed by atoms with E-state index < -0.39 is 11.7 Å². The summed E-state index contributed by atoms with van der Waals surface area (Å²) in [4.78, 5) is 16.1. The van der Waals surface area contributed by atoms with Crippen LogP contribution in [0.1, 0.15) is 38.8 Å². The molecule has 0 aliphatic heterocycles. The summed E-state index contributed by atoms with van der Waals surface area (Å²) in [5.41, 5.74) is -0.491. The lowest BCUT2D eigenvalue weighted by Gasteiger charge is -2.19. The largest absolute Gasteiger partial charge is 0.444 e. The molecule has 9 nitrogen and oxygen atoms in total. The normalized spacial score (nSPS) is 11.8. The van der Waals surface area contributed by atoms with Gasteiger partial charge < -0.3 is 25.3 Å². The fourth-order valence-electron chi connectivity index (χ4n) is 1.88. The molecule has 0 bridgehead atoms. The number of aryl methyl sites for hydroxylation is 1. The van der Waals surface area contributed by atoms with Crippen molar-refractivity contribution in [3.8, 4) is 0 Å². The molecule has 3 N–H and O–H groups in total. The minimum atomic E-state index is -0.491. The van der Waals surface area contributed by atoms with Crippen molar-refractivity contribution >= 4 is 12.1 Å². The van der Waals surface area contributed by atoms with Gasteiger partial charge in [0.15, 0.2) is 11.8 Å². The zero-order valence-electron chi connectivity index (χ0n) is 16.4. The Balaban J connectivity index is 2.40. The van der Waals surface area contributed by atoms with E-state index in [-0.39, 0.29) is 0 Å². The Morgan fingerprint density at radius 1 is 1.27 bits per heavy atom. The van der Waals surface area contributed by atoms with Gasteiger partial charge in [0.25, 0.3) is 0 Å². The molecule has 1 aromatic heterocycles. The third-order valence-electron chi connectivity index (χ3n) is 3.29. The van der Waals surface area contributed by atoms with Crippen molar-refractivity contribution in [1.82, 2.24) is 30.7 Å². The summed E-state index contributed by atoms with van der Waals surface area (Å²) in [5, 5.41) is 17.2. The standard InChI is InChI=1S/C17H31N7O2/c1-7-9-18-15(21-12-14-23-22-13(2)24(14)6)19-10-8-11-20-16(25)26-17(3,4)5/h7H,1,8-12H2,2-6H3,(H,20,25)(H2,18,19,21). The molecule has 0 unspecified atom stereocenters. The highest BCUT2D eigenvalue weighted by atomic mass is 16.6. The minimum absolute atomic E-state index is 0.408. The smallest absolute Gasteiger partial charge is 0.407 e. The van der Waals surface area contributed by atoms with E-state index in [4.69, 9.17) is 4.74 Å². The Morgan fingerprint density at radius 2 is 1.96 bits per heavy atom. The van der Waals surface area contributed by atoms with Crippen LogP contribution in [0.4, 0.5) is 4.79 Å². The van der Waals surface area contributed by atoms with Gasteiger partial charge in [-0.05, 0) is 34.1 Å². The van der Waals surface area contributed by atoms with E-state index in [9.17, 15) is 4.79 Å². The number of aliphatic imine (C=N–C) groups is 1. The number of nitrogens with zero attached hydrogens (tertiary/aromatic N) is 4. The van der Waals surface area contributed by atoms with Crippen LogP contribution >= 0.6 is 0 Å². The van der Waals surface area contributed by atoms with Crippen LogP contribution in [0, 0.1) is 6.92 Å². The van der Waals surface area contributed by atoms with Crippen molar-refractivity contribution in [2.75, 3.05) is 19.6 Å². The fraction of sp³-hybridized carbons (Fsp3) is 0.647.